The summed E-state index contributed by atoms with van der Waals surface area (Å²) in [6.07, 6.45) is 0. The number of ketones is 1. The molecule has 8 heteroatoms. The van der Waals surface area contributed by atoms with Crippen LogP contribution in [0.3, 0.4) is 0 Å². The summed E-state index contributed by atoms with van der Waals surface area (Å²) in [6.45, 7) is -0.496. The van der Waals surface area contributed by atoms with Crippen molar-refractivity contribution in [3.8, 4) is 11.1 Å². The van der Waals surface area contributed by atoms with Crippen molar-refractivity contribution >= 4 is 51.9 Å². The summed E-state index contributed by atoms with van der Waals surface area (Å²) in [4.78, 5) is 50.5. The summed E-state index contributed by atoms with van der Waals surface area (Å²) in [7, 11) is 1.25. The average molecular weight is 512 g/mol. The smallest absolute Gasteiger partial charge is 0.339 e. The van der Waals surface area contributed by atoms with Gasteiger partial charge in [-0.25, -0.2) is 4.79 Å². The predicted octanol–water partition coefficient (Wildman–Crippen LogP) is 5.11. The molecule has 1 aliphatic rings. The van der Waals surface area contributed by atoms with Crippen LogP contribution in [0.4, 0.5) is 5.69 Å². The van der Waals surface area contributed by atoms with Gasteiger partial charge in [0.25, 0.3) is 5.91 Å². The van der Waals surface area contributed by atoms with Crippen molar-refractivity contribution < 1.29 is 28.7 Å². The third-order valence-corrected chi connectivity index (χ3v) is 7.07. The molecule has 0 bridgehead atoms. The van der Waals surface area contributed by atoms with Gasteiger partial charge in [0, 0.05) is 21.4 Å². The van der Waals surface area contributed by atoms with E-state index >= 15 is 0 Å². The lowest BCUT2D eigenvalue weighted by Gasteiger charge is -2.21. The Labute approximate surface area is 216 Å². The number of thioether (sulfide) groups is 1. The first kappa shape index (κ1) is 24.3. The largest absolute Gasteiger partial charge is 0.465 e. The van der Waals surface area contributed by atoms with Crippen LogP contribution in [0.5, 0.6) is 0 Å². The molecule has 4 aromatic carbocycles. The molecule has 0 fully saturated rings. The molecule has 0 aromatic heterocycles. The highest BCUT2D eigenvalue weighted by molar-refractivity contribution is 8.00. The zero-order valence-electron chi connectivity index (χ0n) is 19.8. The lowest BCUT2D eigenvalue weighted by molar-refractivity contribution is -0.144. The van der Waals surface area contributed by atoms with Crippen molar-refractivity contribution in [2.75, 3.05) is 24.8 Å². The van der Waals surface area contributed by atoms with E-state index in [4.69, 9.17) is 9.47 Å². The van der Waals surface area contributed by atoms with Gasteiger partial charge in [-0.1, -0.05) is 60.7 Å². The number of hydrogen-bond donors (Lipinski definition) is 1. The summed E-state index contributed by atoms with van der Waals surface area (Å²) in [5, 5.41) is 4.31. The van der Waals surface area contributed by atoms with Crippen LogP contribution in [0, 0.1) is 0 Å². The zero-order chi connectivity index (χ0) is 25.9. The third-order valence-electron chi connectivity index (χ3n) is 6.02. The molecule has 4 aromatic rings. The Morgan fingerprint density at radius 3 is 2.35 bits per heavy atom. The highest BCUT2D eigenvalue weighted by Crippen LogP contribution is 2.42. The number of esters is 2. The minimum absolute atomic E-state index is 0.0185. The number of fused-ring (bicyclic) bond motifs is 2. The van der Waals surface area contributed by atoms with E-state index in [2.05, 4.69) is 5.32 Å². The molecular formula is C29H21NO6S. The fourth-order valence-corrected chi connectivity index (χ4v) is 5.22. The average Bonchev–Trinajstić information content (AvgIpc) is 2.93. The Bertz CT molecular complexity index is 1580. The molecule has 0 saturated heterocycles. The van der Waals surface area contributed by atoms with Crippen LogP contribution >= 0.6 is 11.8 Å². The molecule has 0 spiro atoms. The van der Waals surface area contributed by atoms with Gasteiger partial charge < -0.3 is 14.8 Å². The predicted molar refractivity (Wildman–Crippen MR) is 141 cm³/mol. The lowest BCUT2D eigenvalue weighted by Crippen LogP contribution is -2.22. The minimum atomic E-state index is -0.587. The number of ether oxygens (including phenoxy) is 2. The Morgan fingerprint density at radius 1 is 0.811 bits per heavy atom. The van der Waals surface area contributed by atoms with Crippen molar-refractivity contribution in [1.82, 2.24) is 0 Å². The number of carbonyl (C=O) groups excluding carboxylic acids is 4. The first-order chi connectivity index (χ1) is 18.0. The van der Waals surface area contributed by atoms with E-state index in [0.29, 0.717) is 11.1 Å². The van der Waals surface area contributed by atoms with E-state index in [1.807, 2.05) is 54.6 Å². The van der Waals surface area contributed by atoms with Crippen molar-refractivity contribution in [1.29, 1.82) is 0 Å². The van der Waals surface area contributed by atoms with Crippen LogP contribution in [0.2, 0.25) is 0 Å². The number of carbonyl (C=O) groups is 4. The van der Waals surface area contributed by atoms with Crippen LogP contribution in [0.1, 0.15) is 26.3 Å². The highest BCUT2D eigenvalue weighted by Gasteiger charge is 2.25. The SMILES string of the molecule is COC(=O)c1ccccc1NC(=O)COC(=O)CSc1ccc2c3c(cccc13)C(=O)c1ccccc1-2. The highest BCUT2D eigenvalue weighted by atomic mass is 32.2. The molecule has 37 heavy (non-hydrogen) atoms. The third kappa shape index (κ3) is 4.71. The van der Waals surface area contributed by atoms with Gasteiger partial charge in [0.2, 0.25) is 0 Å². The molecule has 0 atom stereocenters. The van der Waals surface area contributed by atoms with Crippen LogP contribution in [-0.4, -0.2) is 43.1 Å². The summed E-state index contributed by atoms with van der Waals surface area (Å²) >= 11 is 1.28. The molecule has 1 N–H and O–H groups in total. The van der Waals surface area contributed by atoms with E-state index in [0.717, 1.165) is 26.8 Å². The normalized spacial score (nSPS) is 11.5. The molecule has 0 radical (unpaired) electrons. The van der Waals surface area contributed by atoms with Gasteiger partial charge in [-0.3, -0.25) is 14.4 Å². The van der Waals surface area contributed by atoms with E-state index in [1.54, 1.807) is 18.2 Å². The molecule has 0 unspecified atom stereocenters. The first-order valence-corrected chi connectivity index (χ1v) is 12.4. The van der Waals surface area contributed by atoms with Gasteiger partial charge >= 0.3 is 11.9 Å². The Balaban J connectivity index is 1.26. The van der Waals surface area contributed by atoms with Crippen molar-refractivity contribution in [2.24, 2.45) is 0 Å². The number of hydrogen-bond acceptors (Lipinski definition) is 7. The minimum Gasteiger partial charge on any atom is -0.465 e. The summed E-state index contributed by atoms with van der Waals surface area (Å²) in [6, 6.07) is 23.4. The van der Waals surface area contributed by atoms with Gasteiger partial charge in [-0.15, -0.1) is 11.8 Å². The van der Waals surface area contributed by atoms with Crippen LogP contribution < -0.4 is 5.32 Å². The molecule has 184 valence electrons. The van der Waals surface area contributed by atoms with E-state index in [9.17, 15) is 19.2 Å². The van der Waals surface area contributed by atoms with E-state index in [1.165, 1.54) is 24.9 Å². The molecule has 0 heterocycles. The number of para-hydroxylation sites is 1. The molecule has 5 rings (SSSR count). The number of benzene rings is 4. The van der Waals surface area contributed by atoms with Crippen LogP contribution in [0.15, 0.2) is 83.8 Å². The van der Waals surface area contributed by atoms with Gasteiger partial charge in [-0.05, 0) is 34.7 Å². The van der Waals surface area contributed by atoms with Crippen LogP contribution in [-0.2, 0) is 19.1 Å². The summed E-state index contributed by atoms with van der Waals surface area (Å²) < 4.78 is 9.85. The quantitative estimate of drug-likeness (QED) is 0.239. The molecule has 1 aliphatic carbocycles. The molecule has 1 amide bonds. The monoisotopic (exact) mass is 511 g/mol. The van der Waals surface area contributed by atoms with Gasteiger partial charge in [-0.2, -0.15) is 0 Å². The number of methoxy groups -OCH3 is 1. The van der Waals surface area contributed by atoms with Crippen molar-refractivity contribution in [2.45, 2.75) is 4.90 Å². The lowest BCUT2D eigenvalue weighted by atomic mass is 9.83. The molecular weight excluding hydrogens is 490 g/mol. The van der Waals surface area contributed by atoms with Crippen LogP contribution in [0.25, 0.3) is 21.9 Å². The fourth-order valence-electron chi connectivity index (χ4n) is 4.37. The molecule has 7 nitrogen and oxygen atoms in total. The summed E-state index contributed by atoms with van der Waals surface area (Å²) in [5.41, 5.74) is 3.66. The standard InChI is InChI=1S/C29H21NO6S/c1-35-29(34)20-9-4-5-12-23(20)30-25(31)15-36-26(32)16-37-24-14-13-18-17-7-2-3-8-19(17)28(33)22-11-6-10-21(24)27(18)22/h2-14H,15-16H2,1H3,(H,30,31). The van der Waals surface area contributed by atoms with Crippen molar-refractivity contribution in [3.05, 3.63) is 95.6 Å². The second kappa shape index (κ2) is 10.3. The number of rotatable bonds is 7. The second-order valence-electron chi connectivity index (χ2n) is 8.25. The van der Waals surface area contributed by atoms with Gasteiger partial charge in [0.15, 0.2) is 12.4 Å². The van der Waals surface area contributed by atoms with E-state index < -0.39 is 24.5 Å². The topological polar surface area (TPSA) is 98.8 Å². The maximum absolute atomic E-state index is 13.1. The number of anilines is 1. The Morgan fingerprint density at radius 2 is 1.54 bits per heavy atom. The van der Waals surface area contributed by atoms with E-state index in [-0.39, 0.29) is 22.8 Å². The number of amides is 1. The molecule has 0 saturated carbocycles. The Kier molecular flexibility index (Phi) is 6.74. The second-order valence-corrected chi connectivity index (χ2v) is 9.27. The van der Waals surface area contributed by atoms with Crippen molar-refractivity contribution in [3.63, 3.8) is 0 Å². The summed E-state index contributed by atoms with van der Waals surface area (Å²) in [5.74, 6) is -1.77. The maximum Gasteiger partial charge on any atom is 0.339 e. The first-order valence-electron chi connectivity index (χ1n) is 11.4. The molecule has 0 aliphatic heterocycles. The maximum atomic E-state index is 13.1. The fraction of sp³-hybridized carbons (Fsp3) is 0.103. The Hall–Kier alpha value is -4.43. The zero-order valence-corrected chi connectivity index (χ0v) is 20.6. The number of nitrogens with one attached hydrogen (secondary N) is 1. The van der Waals surface area contributed by atoms with Gasteiger partial charge in [0.1, 0.15) is 0 Å². The van der Waals surface area contributed by atoms with Gasteiger partial charge in [0.05, 0.1) is 24.1 Å².